The molecule has 0 amide bonds. The molecule has 3 nitrogen and oxygen atoms in total. The van der Waals surface area contributed by atoms with Gasteiger partial charge in [0.1, 0.15) is 6.04 Å². The lowest BCUT2D eigenvalue weighted by molar-refractivity contribution is -0.142. The topological polar surface area (TPSA) is 40.5 Å². The van der Waals surface area contributed by atoms with Crippen molar-refractivity contribution in [2.75, 3.05) is 0 Å². The first kappa shape index (κ1) is 13.9. The van der Waals surface area contributed by atoms with Crippen LogP contribution in [-0.4, -0.2) is 28.1 Å². The first-order valence-electron chi connectivity index (χ1n) is 7.38. The van der Waals surface area contributed by atoms with E-state index in [2.05, 4.69) is 4.90 Å². The van der Waals surface area contributed by atoms with E-state index < -0.39 is 5.97 Å². The second kappa shape index (κ2) is 5.74. The van der Waals surface area contributed by atoms with Crippen LogP contribution in [0.1, 0.15) is 37.7 Å². The molecule has 0 radical (unpaired) electrons. The Balaban J connectivity index is 1.80. The summed E-state index contributed by atoms with van der Waals surface area (Å²) in [7, 11) is 0. The Bertz CT molecular complexity index is 488. The van der Waals surface area contributed by atoms with Crippen molar-refractivity contribution in [2.24, 2.45) is 5.92 Å². The second-order valence-electron chi connectivity index (χ2n) is 6.00. The fourth-order valence-corrected chi connectivity index (χ4v) is 3.95. The van der Waals surface area contributed by atoms with E-state index in [4.69, 9.17) is 11.6 Å². The molecule has 1 aliphatic carbocycles. The molecule has 1 aromatic carbocycles. The van der Waals surface area contributed by atoms with Gasteiger partial charge in [-0.1, -0.05) is 36.6 Å². The molecule has 1 aliphatic heterocycles. The number of nitrogens with zero attached hydrogens (tertiary/aromatic N) is 1. The minimum atomic E-state index is -0.673. The lowest BCUT2D eigenvalue weighted by Crippen LogP contribution is -2.41. The van der Waals surface area contributed by atoms with Crippen LogP contribution in [0.15, 0.2) is 24.3 Å². The number of hydrogen-bond acceptors (Lipinski definition) is 2. The van der Waals surface area contributed by atoms with Crippen LogP contribution < -0.4 is 0 Å². The van der Waals surface area contributed by atoms with Crippen molar-refractivity contribution in [1.29, 1.82) is 0 Å². The van der Waals surface area contributed by atoms with Crippen molar-refractivity contribution < 1.29 is 9.90 Å². The van der Waals surface area contributed by atoms with Gasteiger partial charge >= 0.3 is 5.97 Å². The van der Waals surface area contributed by atoms with Gasteiger partial charge in [-0.25, -0.2) is 0 Å². The van der Waals surface area contributed by atoms with Gasteiger partial charge in [0.2, 0.25) is 0 Å². The number of carboxylic acid groups (broad SMARTS) is 1. The Hall–Kier alpha value is -1.06. The summed E-state index contributed by atoms with van der Waals surface area (Å²) in [6, 6.07) is 7.87. The van der Waals surface area contributed by atoms with Gasteiger partial charge in [-0.05, 0) is 42.9 Å². The number of hydrogen-bond donors (Lipinski definition) is 1. The quantitative estimate of drug-likeness (QED) is 0.926. The van der Waals surface area contributed by atoms with Crippen LogP contribution in [0, 0.1) is 5.92 Å². The van der Waals surface area contributed by atoms with Crippen LogP contribution in [0.5, 0.6) is 0 Å². The SMILES string of the molecule is O=C(O)C1CC2CCCCC2N1Cc1ccc(Cl)cc1. The molecule has 108 valence electrons. The van der Waals surface area contributed by atoms with E-state index in [1.54, 1.807) is 0 Å². The largest absolute Gasteiger partial charge is 0.480 e. The third-order valence-electron chi connectivity index (χ3n) is 4.78. The lowest BCUT2D eigenvalue weighted by atomic mass is 9.84. The number of aliphatic carboxylic acids is 1. The van der Waals surface area contributed by atoms with E-state index in [1.165, 1.54) is 19.3 Å². The molecule has 2 fully saturated rings. The number of halogens is 1. The van der Waals surface area contributed by atoms with Crippen molar-refractivity contribution in [3.63, 3.8) is 0 Å². The summed E-state index contributed by atoms with van der Waals surface area (Å²) < 4.78 is 0. The summed E-state index contributed by atoms with van der Waals surface area (Å²) in [6.45, 7) is 0.718. The summed E-state index contributed by atoms with van der Waals surface area (Å²) in [4.78, 5) is 13.7. The normalized spacial score (nSPS) is 30.1. The van der Waals surface area contributed by atoms with Crippen LogP contribution in [0.2, 0.25) is 5.02 Å². The van der Waals surface area contributed by atoms with E-state index in [0.29, 0.717) is 12.0 Å². The Morgan fingerprint density at radius 2 is 1.95 bits per heavy atom. The van der Waals surface area contributed by atoms with E-state index in [1.807, 2.05) is 24.3 Å². The first-order valence-corrected chi connectivity index (χ1v) is 7.76. The number of likely N-dealkylation sites (tertiary alicyclic amines) is 1. The van der Waals surface area contributed by atoms with Crippen molar-refractivity contribution in [2.45, 2.75) is 50.7 Å². The molecule has 3 atom stereocenters. The van der Waals surface area contributed by atoms with Crippen LogP contribution in [0.25, 0.3) is 0 Å². The van der Waals surface area contributed by atoms with Gasteiger partial charge in [0.25, 0.3) is 0 Å². The molecule has 1 saturated carbocycles. The van der Waals surface area contributed by atoms with Gasteiger partial charge in [-0.2, -0.15) is 0 Å². The minimum Gasteiger partial charge on any atom is -0.480 e. The maximum absolute atomic E-state index is 11.5. The van der Waals surface area contributed by atoms with E-state index >= 15 is 0 Å². The molecule has 4 heteroatoms. The van der Waals surface area contributed by atoms with Gasteiger partial charge in [0, 0.05) is 17.6 Å². The Labute approximate surface area is 124 Å². The van der Waals surface area contributed by atoms with Gasteiger partial charge in [0.15, 0.2) is 0 Å². The average molecular weight is 294 g/mol. The van der Waals surface area contributed by atoms with Crippen LogP contribution >= 0.6 is 11.6 Å². The molecule has 1 saturated heterocycles. The maximum Gasteiger partial charge on any atom is 0.320 e. The Morgan fingerprint density at radius 3 is 2.65 bits per heavy atom. The minimum absolute atomic E-state index is 0.321. The smallest absolute Gasteiger partial charge is 0.320 e. The second-order valence-corrected chi connectivity index (χ2v) is 6.44. The van der Waals surface area contributed by atoms with Crippen LogP contribution in [0.4, 0.5) is 0 Å². The highest BCUT2D eigenvalue weighted by atomic mass is 35.5. The van der Waals surface area contributed by atoms with Crippen LogP contribution in [0.3, 0.4) is 0 Å². The number of benzene rings is 1. The van der Waals surface area contributed by atoms with E-state index in [0.717, 1.165) is 30.0 Å². The summed E-state index contributed by atoms with van der Waals surface area (Å²) >= 11 is 5.91. The summed E-state index contributed by atoms with van der Waals surface area (Å²) in [5.74, 6) is -0.106. The zero-order valence-electron chi connectivity index (χ0n) is 11.5. The third kappa shape index (κ3) is 2.70. The van der Waals surface area contributed by atoms with E-state index in [9.17, 15) is 9.90 Å². The molecule has 1 N–H and O–H groups in total. The molecule has 20 heavy (non-hydrogen) atoms. The number of carboxylic acids is 1. The fourth-order valence-electron chi connectivity index (χ4n) is 3.82. The zero-order chi connectivity index (χ0) is 14.1. The molecule has 1 heterocycles. The summed E-state index contributed by atoms with van der Waals surface area (Å²) in [6.07, 6.45) is 5.62. The van der Waals surface area contributed by atoms with Crippen molar-refractivity contribution in [3.8, 4) is 0 Å². The van der Waals surface area contributed by atoms with Gasteiger partial charge < -0.3 is 5.11 Å². The number of rotatable bonds is 3. The molecule has 0 spiro atoms. The zero-order valence-corrected chi connectivity index (χ0v) is 12.2. The van der Waals surface area contributed by atoms with Crippen molar-refractivity contribution in [3.05, 3.63) is 34.9 Å². The molecular formula is C16H20ClNO2. The fraction of sp³-hybridized carbons (Fsp3) is 0.562. The molecule has 0 bridgehead atoms. The Kier molecular flexibility index (Phi) is 3.99. The molecule has 2 aliphatic rings. The Morgan fingerprint density at radius 1 is 1.25 bits per heavy atom. The standard InChI is InChI=1S/C16H20ClNO2/c17-13-7-5-11(6-8-13)10-18-14-4-2-1-3-12(14)9-15(18)16(19)20/h5-8,12,14-15H,1-4,9-10H2,(H,19,20). The predicted octanol–water partition coefficient (Wildman–Crippen LogP) is 3.56. The third-order valence-corrected chi connectivity index (χ3v) is 5.04. The summed E-state index contributed by atoms with van der Waals surface area (Å²) in [5, 5.41) is 10.2. The van der Waals surface area contributed by atoms with Gasteiger partial charge in [0.05, 0.1) is 0 Å². The first-order chi connectivity index (χ1) is 9.65. The van der Waals surface area contributed by atoms with Crippen LogP contribution in [-0.2, 0) is 11.3 Å². The number of carbonyl (C=O) groups is 1. The highest BCUT2D eigenvalue weighted by Crippen LogP contribution is 2.40. The highest BCUT2D eigenvalue weighted by Gasteiger charge is 2.44. The molecule has 3 rings (SSSR count). The maximum atomic E-state index is 11.5. The van der Waals surface area contributed by atoms with Crippen molar-refractivity contribution in [1.82, 2.24) is 4.90 Å². The molecule has 1 aromatic rings. The monoisotopic (exact) mass is 293 g/mol. The predicted molar refractivity (Wildman–Crippen MR) is 78.8 cm³/mol. The molecule has 0 aromatic heterocycles. The van der Waals surface area contributed by atoms with Gasteiger partial charge in [-0.15, -0.1) is 0 Å². The molecule has 3 unspecified atom stereocenters. The van der Waals surface area contributed by atoms with Gasteiger partial charge in [-0.3, -0.25) is 9.69 Å². The molecular weight excluding hydrogens is 274 g/mol. The summed E-state index contributed by atoms with van der Waals surface area (Å²) in [5.41, 5.74) is 1.15. The van der Waals surface area contributed by atoms with E-state index in [-0.39, 0.29) is 6.04 Å². The highest BCUT2D eigenvalue weighted by molar-refractivity contribution is 6.30. The average Bonchev–Trinajstić information content (AvgIpc) is 2.81. The number of fused-ring (bicyclic) bond motifs is 1. The lowest BCUT2D eigenvalue weighted by Gasteiger charge is -2.33. The van der Waals surface area contributed by atoms with Crippen molar-refractivity contribution >= 4 is 17.6 Å².